The van der Waals surface area contributed by atoms with E-state index in [0.717, 1.165) is 18.8 Å². The molecule has 62 valence electrons. The largest absolute Gasteiger partial charge is 0.299 e. The highest BCUT2D eigenvalue weighted by Crippen LogP contribution is 2.55. The van der Waals surface area contributed by atoms with Gasteiger partial charge in [0.05, 0.1) is 0 Å². The Hall–Kier alpha value is -0.330. The summed E-state index contributed by atoms with van der Waals surface area (Å²) in [6.07, 6.45) is 4.47. The van der Waals surface area contributed by atoms with Crippen molar-refractivity contribution in [3.8, 4) is 0 Å². The molecule has 1 heteroatoms. The van der Waals surface area contributed by atoms with Crippen LogP contribution in [0.15, 0.2) is 0 Å². The molecule has 0 saturated heterocycles. The quantitative estimate of drug-likeness (QED) is 0.521. The Kier molecular flexibility index (Phi) is 1.39. The molecule has 0 aromatic heterocycles. The maximum atomic E-state index is 11.5. The van der Waals surface area contributed by atoms with Gasteiger partial charge in [0.25, 0.3) is 0 Å². The van der Waals surface area contributed by atoms with Crippen LogP contribution in [0.5, 0.6) is 0 Å². The van der Waals surface area contributed by atoms with Crippen LogP contribution in [-0.2, 0) is 4.79 Å². The zero-order chi connectivity index (χ0) is 8.06. The van der Waals surface area contributed by atoms with E-state index >= 15 is 0 Å². The van der Waals surface area contributed by atoms with Gasteiger partial charge in [-0.3, -0.25) is 4.79 Å². The van der Waals surface area contributed by atoms with Gasteiger partial charge in [-0.1, -0.05) is 13.8 Å². The Morgan fingerprint density at radius 2 is 2.18 bits per heavy atom. The molecule has 3 aliphatic carbocycles. The van der Waals surface area contributed by atoms with Crippen LogP contribution in [-0.4, -0.2) is 5.78 Å². The lowest BCUT2D eigenvalue weighted by molar-refractivity contribution is -0.135. The zero-order valence-corrected chi connectivity index (χ0v) is 7.39. The van der Waals surface area contributed by atoms with Crippen LogP contribution in [0.3, 0.4) is 0 Å². The predicted octanol–water partition coefficient (Wildman–Crippen LogP) is 2.40. The molecule has 0 radical (unpaired) electrons. The Bertz CT molecular complexity index is 193. The summed E-state index contributed by atoms with van der Waals surface area (Å²) < 4.78 is 0. The number of carbonyl (C=O) groups excluding carboxylic acids is 1. The van der Waals surface area contributed by atoms with Crippen molar-refractivity contribution in [3.05, 3.63) is 0 Å². The first-order valence-corrected chi connectivity index (χ1v) is 4.65. The van der Waals surface area contributed by atoms with Crippen LogP contribution in [0.2, 0.25) is 0 Å². The highest BCUT2D eigenvalue weighted by atomic mass is 16.1. The summed E-state index contributed by atoms with van der Waals surface area (Å²) in [4.78, 5) is 11.5. The minimum Gasteiger partial charge on any atom is -0.299 e. The lowest BCUT2D eigenvalue weighted by Crippen LogP contribution is -2.46. The highest BCUT2D eigenvalue weighted by Gasteiger charge is 2.51. The summed E-state index contributed by atoms with van der Waals surface area (Å²) in [7, 11) is 0. The van der Waals surface area contributed by atoms with Crippen LogP contribution < -0.4 is 0 Å². The third-order valence-corrected chi connectivity index (χ3v) is 3.83. The first-order valence-electron chi connectivity index (χ1n) is 4.65. The lowest BCUT2D eigenvalue weighted by Gasteiger charge is -2.50. The summed E-state index contributed by atoms with van der Waals surface area (Å²) in [6, 6.07) is 0. The monoisotopic (exact) mass is 152 g/mol. The van der Waals surface area contributed by atoms with Gasteiger partial charge in [-0.15, -0.1) is 0 Å². The van der Waals surface area contributed by atoms with E-state index in [1.807, 2.05) is 0 Å². The lowest BCUT2D eigenvalue weighted by atomic mass is 9.54. The molecule has 1 nitrogen and oxygen atoms in total. The highest BCUT2D eigenvalue weighted by molar-refractivity contribution is 5.83. The molecular weight excluding hydrogens is 136 g/mol. The second-order valence-corrected chi connectivity index (χ2v) is 4.67. The van der Waals surface area contributed by atoms with Crippen LogP contribution in [0.4, 0.5) is 0 Å². The normalized spacial score (nSPS) is 41.1. The molecule has 3 saturated carbocycles. The van der Waals surface area contributed by atoms with E-state index in [4.69, 9.17) is 0 Å². The van der Waals surface area contributed by atoms with E-state index in [9.17, 15) is 4.79 Å². The van der Waals surface area contributed by atoms with Crippen LogP contribution in [0.25, 0.3) is 0 Å². The van der Waals surface area contributed by atoms with Crippen LogP contribution >= 0.6 is 0 Å². The van der Waals surface area contributed by atoms with Crippen molar-refractivity contribution in [1.82, 2.24) is 0 Å². The molecule has 0 N–H and O–H groups in total. The van der Waals surface area contributed by atoms with E-state index in [-0.39, 0.29) is 0 Å². The van der Waals surface area contributed by atoms with Gasteiger partial charge in [0.1, 0.15) is 5.78 Å². The third-order valence-electron chi connectivity index (χ3n) is 3.83. The number of ketones is 1. The fourth-order valence-electron chi connectivity index (χ4n) is 2.75. The summed E-state index contributed by atoms with van der Waals surface area (Å²) in [5.74, 6) is 1.79. The molecule has 0 aromatic rings. The molecule has 0 aliphatic heterocycles. The van der Waals surface area contributed by atoms with Gasteiger partial charge >= 0.3 is 0 Å². The van der Waals surface area contributed by atoms with Crippen molar-refractivity contribution in [2.45, 2.75) is 39.5 Å². The molecular formula is C10H16O. The van der Waals surface area contributed by atoms with Crippen molar-refractivity contribution in [2.75, 3.05) is 0 Å². The molecule has 2 atom stereocenters. The third kappa shape index (κ3) is 0.863. The Morgan fingerprint density at radius 1 is 1.45 bits per heavy atom. The van der Waals surface area contributed by atoms with Crippen LogP contribution in [0.1, 0.15) is 39.5 Å². The zero-order valence-electron chi connectivity index (χ0n) is 7.39. The van der Waals surface area contributed by atoms with Gasteiger partial charge in [0.2, 0.25) is 0 Å². The van der Waals surface area contributed by atoms with E-state index in [1.54, 1.807) is 0 Å². The van der Waals surface area contributed by atoms with Crippen molar-refractivity contribution in [1.29, 1.82) is 0 Å². The van der Waals surface area contributed by atoms with Crippen molar-refractivity contribution < 1.29 is 4.79 Å². The molecule has 11 heavy (non-hydrogen) atoms. The number of Topliss-reactive ketones (excluding diaryl/α,β-unsaturated/α-hetero) is 1. The fourth-order valence-corrected chi connectivity index (χ4v) is 2.75. The van der Waals surface area contributed by atoms with Gasteiger partial charge in [-0.2, -0.15) is 0 Å². The van der Waals surface area contributed by atoms with E-state index in [0.29, 0.717) is 17.1 Å². The summed E-state index contributed by atoms with van der Waals surface area (Å²) >= 11 is 0. The van der Waals surface area contributed by atoms with Crippen molar-refractivity contribution >= 4 is 5.78 Å². The van der Waals surface area contributed by atoms with Crippen molar-refractivity contribution in [2.24, 2.45) is 17.3 Å². The molecule has 0 heterocycles. The molecule has 0 amide bonds. The van der Waals surface area contributed by atoms with Crippen molar-refractivity contribution in [3.63, 3.8) is 0 Å². The number of hydrogen-bond acceptors (Lipinski definition) is 1. The number of hydrogen-bond donors (Lipinski definition) is 0. The summed E-state index contributed by atoms with van der Waals surface area (Å²) in [6.45, 7) is 4.52. The molecule has 0 aromatic carbocycles. The minimum absolute atomic E-state index is 0.341. The van der Waals surface area contributed by atoms with Crippen LogP contribution in [0, 0.1) is 17.3 Å². The Balaban J connectivity index is 2.22. The molecule has 3 fully saturated rings. The fraction of sp³-hybridized carbons (Fsp3) is 0.900. The number of fused-ring (bicyclic) bond motifs is 3. The summed E-state index contributed by atoms with van der Waals surface area (Å²) in [5, 5.41) is 0. The Labute approximate surface area is 68.2 Å². The smallest absolute Gasteiger partial charge is 0.136 e. The van der Waals surface area contributed by atoms with E-state index in [2.05, 4.69) is 13.8 Å². The molecule has 3 rings (SSSR count). The minimum atomic E-state index is 0.341. The first kappa shape index (κ1) is 7.33. The summed E-state index contributed by atoms with van der Waals surface area (Å²) in [5.41, 5.74) is 0.341. The number of rotatable bonds is 0. The van der Waals surface area contributed by atoms with E-state index in [1.165, 1.54) is 12.8 Å². The second-order valence-electron chi connectivity index (χ2n) is 4.67. The average Bonchev–Trinajstić information content (AvgIpc) is 2.17. The van der Waals surface area contributed by atoms with Gasteiger partial charge in [0, 0.05) is 12.3 Å². The van der Waals surface area contributed by atoms with Gasteiger partial charge in [-0.25, -0.2) is 0 Å². The molecule has 0 unspecified atom stereocenters. The first-order chi connectivity index (χ1) is 5.12. The number of carbonyl (C=O) groups is 1. The van der Waals surface area contributed by atoms with E-state index < -0.39 is 0 Å². The maximum absolute atomic E-state index is 11.5. The second kappa shape index (κ2) is 2.09. The maximum Gasteiger partial charge on any atom is 0.136 e. The van der Waals surface area contributed by atoms with Gasteiger partial charge in [-0.05, 0) is 30.6 Å². The average molecular weight is 152 g/mol. The predicted molar refractivity (Wildman–Crippen MR) is 44.2 cm³/mol. The standard InChI is InChI=1S/C10H16O/c1-10(2)7-4-3-5-9(11)8(10)6-7/h7-8H,3-6H2,1-2H3/t7-,8-/m1/s1. The molecule has 2 bridgehead atoms. The Morgan fingerprint density at radius 3 is 2.82 bits per heavy atom. The topological polar surface area (TPSA) is 17.1 Å². The molecule has 0 spiro atoms. The SMILES string of the molecule is CC1(C)[C@@H]2CCCC(=O)[C@H]1C2. The van der Waals surface area contributed by atoms with Gasteiger partial charge in [0.15, 0.2) is 0 Å². The van der Waals surface area contributed by atoms with Gasteiger partial charge < -0.3 is 0 Å². The molecule has 3 aliphatic rings.